The molecular formula is C11H17FN4O. The average molecular weight is 240 g/mol. The number of methoxy groups -OCH3 is 1. The predicted molar refractivity (Wildman–Crippen MR) is 63.7 cm³/mol. The summed E-state index contributed by atoms with van der Waals surface area (Å²) in [5, 5.41) is 2.81. The van der Waals surface area contributed by atoms with Crippen LogP contribution in [-0.4, -0.2) is 43.8 Å². The third kappa shape index (κ3) is 2.63. The molecule has 0 saturated carbocycles. The van der Waals surface area contributed by atoms with Crippen LogP contribution in [0.1, 0.15) is 6.42 Å². The van der Waals surface area contributed by atoms with E-state index in [4.69, 9.17) is 4.74 Å². The SMILES string of the molecule is CNc1ncc(F)c(N2CCC(COC)C2)n1. The van der Waals surface area contributed by atoms with Gasteiger partial charge in [-0.1, -0.05) is 0 Å². The summed E-state index contributed by atoms with van der Waals surface area (Å²) >= 11 is 0. The Balaban J connectivity index is 2.12. The topological polar surface area (TPSA) is 50.3 Å². The summed E-state index contributed by atoms with van der Waals surface area (Å²) in [6, 6.07) is 0. The van der Waals surface area contributed by atoms with Gasteiger partial charge in [0.2, 0.25) is 5.95 Å². The van der Waals surface area contributed by atoms with Gasteiger partial charge >= 0.3 is 0 Å². The third-order valence-electron chi connectivity index (χ3n) is 2.94. The Labute approximate surface area is 100 Å². The van der Waals surface area contributed by atoms with Gasteiger partial charge in [-0.25, -0.2) is 9.37 Å². The molecule has 1 aromatic heterocycles. The molecule has 1 aliphatic heterocycles. The molecule has 0 radical (unpaired) electrons. The number of ether oxygens (including phenoxy) is 1. The van der Waals surface area contributed by atoms with Crippen LogP contribution >= 0.6 is 0 Å². The van der Waals surface area contributed by atoms with Crippen molar-refractivity contribution in [1.29, 1.82) is 0 Å². The summed E-state index contributed by atoms with van der Waals surface area (Å²) in [5.74, 6) is 0.897. The quantitative estimate of drug-likeness (QED) is 0.855. The van der Waals surface area contributed by atoms with Crippen molar-refractivity contribution in [3.05, 3.63) is 12.0 Å². The smallest absolute Gasteiger partial charge is 0.224 e. The standard InChI is InChI=1S/C11H17FN4O/c1-13-11-14-5-9(12)10(15-11)16-4-3-8(6-16)7-17-2/h5,8H,3-4,6-7H2,1-2H3,(H,13,14,15). The van der Waals surface area contributed by atoms with Gasteiger partial charge in [-0.15, -0.1) is 0 Å². The second-order valence-corrected chi connectivity index (χ2v) is 4.17. The number of nitrogens with one attached hydrogen (secondary N) is 1. The lowest BCUT2D eigenvalue weighted by atomic mass is 10.1. The molecule has 1 aliphatic rings. The fraction of sp³-hybridized carbons (Fsp3) is 0.636. The van der Waals surface area contributed by atoms with Crippen LogP contribution in [-0.2, 0) is 4.74 Å². The summed E-state index contributed by atoms with van der Waals surface area (Å²) in [5.41, 5.74) is 0. The molecule has 2 rings (SSSR count). The molecule has 1 saturated heterocycles. The maximum atomic E-state index is 13.6. The van der Waals surface area contributed by atoms with Gasteiger partial charge in [0, 0.05) is 33.2 Å². The number of halogens is 1. The van der Waals surface area contributed by atoms with Crippen molar-refractivity contribution in [2.45, 2.75) is 6.42 Å². The minimum absolute atomic E-state index is 0.373. The highest BCUT2D eigenvalue weighted by Gasteiger charge is 2.25. The number of hydrogen-bond donors (Lipinski definition) is 1. The molecule has 0 amide bonds. The van der Waals surface area contributed by atoms with Gasteiger partial charge in [-0.2, -0.15) is 4.98 Å². The van der Waals surface area contributed by atoms with Crippen molar-refractivity contribution >= 4 is 11.8 Å². The Hall–Kier alpha value is -1.43. The van der Waals surface area contributed by atoms with Crippen molar-refractivity contribution in [2.75, 3.05) is 44.1 Å². The second-order valence-electron chi connectivity index (χ2n) is 4.17. The van der Waals surface area contributed by atoms with E-state index in [0.29, 0.717) is 24.3 Å². The summed E-state index contributed by atoms with van der Waals surface area (Å²) in [4.78, 5) is 9.94. The van der Waals surface area contributed by atoms with Gasteiger partial charge in [0.05, 0.1) is 12.8 Å². The molecule has 1 atom stereocenters. The van der Waals surface area contributed by atoms with Crippen LogP contribution in [0.15, 0.2) is 6.20 Å². The summed E-state index contributed by atoms with van der Waals surface area (Å²) in [6.07, 6.45) is 2.21. The Morgan fingerprint density at radius 2 is 2.47 bits per heavy atom. The van der Waals surface area contributed by atoms with E-state index >= 15 is 0 Å². The van der Waals surface area contributed by atoms with E-state index < -0.39 is 0 Å². The molecular weight excluding hydrogens is 223 g/mol. The summed E-state index contributed by atoms with van der Waals surface area (Å²) in [7, 11) is 3.40. The highest BCUT2D eigenvalue weighted by molar-refractivity contribution is 5.44. The molecule has 1 fully saturated rings. The second kappa shape index (κ2) is 5.27. The lowest BCUT2D eigenvalue weighted by Gasteiger charge is -2.18. The van der Waals surface area contributed by atoms with Crippen LogP contribution in [0.4, 0.5) is 16.2 Å². The molecule has 1 aromatic rings. The van der Waals surface area contributed by atoms with Crippen LogP contribution < -0.4 is 10.2 Å². The number of hydrogen-bond acceptors (Lipinski definition) is 5. The van der Waals surface area contributed by atoms with Gasteiger partial charge < -0.3 is 15.0 Å². The number of aromatic nitrogens is 2. The van der Waals surface area contributed by atoms with Crippen LogP contribution in [0.5, 0.6) is 0 Å². The van der Waals surface area contributed by atoms with Crippen molar-refractivity contribution in [1.82, 2.24) is 9.97 Å². The van der Waals surface area contributed by atoms with Gasteiger partial charge in [-0.3, -0.25) is 0 Å². The zero-order chi connectivity index (χ0) is 12.3. The Morgan fingerprint density at radius 3 is 3.18 bits per heavy atom. The van der Waals surface area contributed by atoms with E-state index in [2.05, 4.69) is 15.3 Å². The number of rotatable bonds is 4. The van der Waals surface area contributed by atoms with Crippen LogP contribution in [0.25, 0.3) is 0 Å². The Bertz CT molecular complexity index is 388. The summed E-state index contributed by atoms with van der Waals surface area (Å²) < 4.78 is 18.8. The normalized spacial score (nSPS) is 19.7. The van der Waals surface area contributed by atoms with E-state index in [1.807, 2.05) is 4.90 Å². The number of anilines is 2. The zero-order valence-corrected chi connectivity index (χ0v) is 10.1. The molecule has 94 valence electrons. The lowest BCUT2D eigenvalue weighted by molar-refractivity contribution is 0.161. The molecule has 0 spiro atoms. The monoisotopic (exact) mass is 240 g/mol. The molecule has 1 N–H and O–H groups in total. The highest BCUT2D eigenvalue weighted by Crippen LogP contribution is 2.25. The molecule has 1 unspecified atom stereocenters. The highest BCUT2D eigenvalue weighted by atomic mass is 19.1. The van der Waals surface area contributed by atoms with Gasteiger partial charge in [0.1, 0.15) is 0 Å². The maximum Gasteiger partial charge on any atom is 0.224 e. The van der Waals surface area contributed by atoms with Crippen LogP contribution in [0, 0.1) is 11.7 Å². The van der Waals surface area contributed by atoms with E-state index in [1.165, 1.54) is 6.20 Å². The molecule has 0 aromatic carbocycles. The minimum atomic E-state index is -0.373. The Morgan fingerprint density at radius 1 is 1.65 bits per heavy atom. The van der Waals surface area contributed by atoms with Crippen molar-refractivity contribution in [3.63, 3.8) is 0 Å². The predicted octanol–water partition coefficient (Wildman–Crippen LogP) is 1.13. The first-order chi connectivity index (χ1) is 8.24. The minimum Gasteiger partial charge on any atom is -0.384 e. The molecule has 0 bridgehead atoms. The largest absolute Gasteiger partial charge is 0.384 e. The maximum absolute atomic E-state index is 13.6. The molecule has 6 heteroatoms. The first kappa shape index (κ1) is 12.0. The van der Waals surface area contributed by atoms with Crippen LogP contribution in [0.2, 0.25) is 0 Å². The lowest BCUT2D eigenvalue weighted by Crippen LogP contribution is -2.23. The first-order valence-electron chi connectivity index (χ1n) is 5.68. The van der Waals surface area contributed by atoms with E-state index in [1.54, 1.807) is 14.2 Å². The Kier molecular flexibility index (Phi) is 3.73. The zero-order valence-electron chi connectivity index (χ0n) is 10.1. The third-order valence-corrected chi connectivity index (χ3v) is 2.94. The van der Waals surface area contributed by atoms with Gasteiger partial charge in [0.15, 0.2) is 11.6 Å². The summed E-state index contributed by atoms with van der Waals surface area (Å²) in [6.45, 7) is 2.30. The fourth-order valence-electron chi connectivity index (χ4n) is 2.10. The molecule has 2 heterocycles. The van der Waals surface area contributed by atoms with Gasteiger partial charge in [0.25, 0.3) is 0 Å². The van der Waals surface area contributed by atoms with Crippen molar-refractivity contribution < 1.29 is 9.13 Å². The van der Waals surface area contributed by atoms with Gasteiger partial charge in [-0.05, 0) is 6.42 Å². The first-order valence-corrected chi connectivity index (χ1v) is 5.68. The van der Waals surface area contributed by atoms with E-state index in [0.717, 1.165) is 19.5 Å². The van der Waals surface area contributed by atoms with E-state index in [-0.39, 0.29) is 5.82 Å². The molecule has 5 nitrogen and oxygen atoms in total. The number of nitrogens with zero attached hydrogens (tertiary/aromatic N) is 3. The fourth-order valence-corrected chi connectivity index (χ4v) is 2.10. The molecule has 0 aliphatic carbocycles. The van der Waals surface area contributed by atoms with Crippen molar-refractivity contribution in [3.8, 4) is 0 Å². The molecule has 17 heavy (non-hydrogen) atoms. The van der Waals surface area contributed by atoms with E-state index in [9.17, 15) is 4.39 Å². The van der Waals surface area contributed by atoms with Crippen molar-refractivity contribution in [2.24, 2.45) is 5.92 Å². The average Bonchev–Trinajstić information content (AvgIpc) is 2.79. The van der Waals surface area contributed by atoms with Crippen LogP contribution in [0.3, 0.4) is 0 Å².